The van der Waals surface area contributed by atoms with Crippen LogP contribution in [-0.4, -0.2) is 29.8 Å². The third kappa shape index (κ3) is 4.51. The largest absolute Gasteiger partial charge is 0.374 e. The van der Waals surface area contributed by atoms with Gasteiger partial charge in [0, 0.05) is 30.1 Å². The molecule has 0 amide bonds. The highest BCUT2D eigenvalue weighted by molar-refractivity contribution is 7.09. The Labute approximate surface area is 133 Å². The van der Waals surface area contributed by atoms with Gasteiger partial charge in [-0.05, 0) is 33.2 Å². The van der Waals surface area contributed by atoms with Crippen molar-refractivity contribution in [2.45, 2.75) is 77.4 Å². The summed E-state index contributed by atoms with van der Waals surface area (Å²) < 4.78 is 6.36. The monoisotopic (exact) mass is 310 g/mol. The van der Waals surface area contributed by atoms with E-state index in [0.717, 1.165) is 25.3 Å². The van der Waals surface area contributed by atoms with E-state index >= 15 is 0 Å². The van der Waals surface area contributed by atoms with Crippen molar-refractivity contribution in [3.05, 3.63) is 16.1 Å². The van der Waals surface area contributed by atoms with E-state index < -0.39 is 0 Å². The number of hydrogen-bond donors (Lipinski definition) is 1. The highest BCUT2D eigenvalue weighted by Gasteiger charge is 2.39. The normalized spacial score (nSPS) is 20.1. The van der Waals surface area contributed by atoms with Crippen molar-refractivity contribution in [1.29, 1.82) is 0 Å². The molecule has 1 aromatic heterocycles. The second-order valence-electron chi connectivity index (χ2n) is 6.11. The highest BCUT2D eigenvalue weighted by atomic mass is 32.1. The molecule has 1 aromatic rings. The Morgan fingerprint density at radius 3 is 2.52 bits per heavy atom. The molecule has 1 saturated carbocycles. The lowest BCUT2D eigenvalue weighted by Crippen LogP contribution is -2.53. The molecule has 0 aromatic carbocycles. The maximum absolute atomic E-state index is 6.36. The standard InChI is InChI=1S/C17H30N2OS/c1-4-18-15(12-16-19-14(3)13-21-16)17(20-5-2)10-8-6-7-9-11-17/h13,15,18H,4-12H2,1-3H3. The van der Waals surface area contributed by atoms with Gasteiger partial charge in [-0.1, -0.05) is 32.6 Å². The van der Waals surface area contributed by atoms with Crippen LogP contribution in [-0.2, 0) is 11.2 Å². The first-order valence-corrected chi connectivity index (χ1v) is 9.36. The number of thiazole rings is 1. The van der Waals surface area contributed by atoms with Gasteiger partial charge in [0.1, 0.15) is 0 Å². The molecule has 1 fully saturated rings. The van der Waals surface area contributed by atoms with Gasteiger partial charge in [-0.15, -0.1) is 11.3 Å². The van der Waals surface area contributed by atoms with E-state index in [1.54, 1.807) is 11.3 Å². The zero-order chi connectivity index (χ0) is 15.1. The highest BCUT2D eigenvalue weighted by Crippen LogP contribution is 2.35. The van der Waals surface area contributed by atoms with Crippen LogP contribution in [0.25, 0.3) is 0 Å². The first-order chi connectivity index (χ1) is 10.2. The molecule has 1 N–H and O–H groups in total. The van der Waals surface area contributed by atoms with Gasteiger partial charge >= 0.3 is 0 Å². The van der Waals surface area contributed by atoms with Gasteiger partial charge in [-0.25, -0.2) is 4.98 Å². The average molecular weight is 311 g/mol. The molecule has 4 heteroatoms. The van der Waals surface area contributed by atoms with E-state index in [1.807, 2.05) is 0 Å². The zero-order valence-electron chi connectivity index (χ0n) is 13.8. The van der Waals surface area contributed by atoms with Crippen molar-refractivity contribution >= 4 is 11.3 Å². The predicted octanol–water partition coefficient (Wildman–Crippen LogP) is 4.10. The minimum absolute atomic E-state index is 0.000828. The maximum Gasteiger partial charge on any atom is 0.0944 e. The predicted molar refractivity (Wildman–Crippen MR) is 90.1 cm³/mol. The summed E-state index contributed by atoms with van der Waals surface area (Å²) in [5.74, 6) is 0. The second-order valence-corrected chi connectivity index (χ2v) is 7.05. The Hall–Kier alpha value is -0.450. The molecule has 1 aliphatic rings. The Balaban J connectivity index is 2.17. The summed E-state index contributed by atoms with van der Waals surface area (Å²) in [6.07, 6.45) is 8.64. The van der Waals surface area contributed by atoms with Crippen LogP contribution in [0.5, 0.6) is 0 Å². The summed E-state index contributed by atoms with van der Waals surface area (Å²) in [5, 5.41) is 7.09. The molecule has 2 rings (SSSR count). The molecule has 0 radical (unpaired) electrons. The minimum atomic E-state index is 0.000828. The van der Waals surface area contributed by atoms with Gasteiger partial charge < -0.3 is 10.1 Å². The molecule has 3 nitrogen and oxygen atoms in total. The third-order valence-electron chi connectivity index (χ3n) is 4.51. The van der Waals surface area contributed by atoms with E-state index in [4.69, 9.17) is 4.74 Å². The number of nitrogens with one attached hydrogen (secondary N) is 1. The van der Waals surface area contributed by atoms with Crippen LogP contribution in [0.3, 0.4) is 0 Å². The fourth-order valence-electron chi connectivity index (χ4n) is 3.57. The molecule has 0 spiro atoms. The Morgan fingerprint density at radius 2 is 2.00 bits per heavy atom. The van der Waals surface area contributed by atoms with Gasteiger partial charge in [0.05, 0.1) is 10.6 Å². The van der Waals surface area contributed by atoms with E-state index in [-0.39, 0.29) is 5.60 Å². The molecule has 0 bridgehead atoms. The molecule has 1 atom stereocenters. The van der Waals surface area contributed by atoms with Crippen LogP contribution in [0.1, 0.15) is 63.1 Å². The van der Waals surface area contributed by atoms with Gasteiger partial charge in [-0.2, -0.15) is 0 Å². The lowest BCUT2D eigenvalue weighted by molar-refractivity contribution is -0.0764. The minimum Gasteiger partial charge on any atom is -0.374 e. The Bertz CT molecular complexity index is 411. The van der Waals surface area contributed by atoms with Crippen molar-refractivity contribution in [3.8, 4) is 0 Å². The van der Waals surface area contributed by atoms with Gasteiger partial charge in [0.2, 0.25) is 0 Å². The molecule has 120 valence electrons. The summed E-state index contributed by atoms with van der Waals surface area (Å²) in [5.41, 5.74) is 1.14. The SMILES string of the molecule is CCNC(Cc1nc(C)cs1)C1(OCC)CCCCCC1. The van der Waals surface area contributed by atoms with Gasteiger partial charge in [0.25, 0.3) is 0 Å². The number of rotatable bonds is 7. The van der Waals surface area contributed by atoms with Crippen LogP contribution in [0, 0.1) is 6.92 Å². The molecule has 21 heavy (non-hydrogen) atoms. The number of aryl methyl sites for hydroxylation is 1. The third-order valence-corrected chi connectivity index (χ3v) is 5.50. The lowest BCUT2D eigenvalue weighted by atomic mass is 9.84. The molecular formula is C17H30N2OS. The molecule has 1 aliphatic carbocycles. The summed E-state index contributed by atoms with van der Waals surface area (Å²) >= 11 is 1.78. The molecule has 0 aliphatic heterocycles. The number of hydrogen-bond acceptors (Lipinski definition) is 4. The lowest BCUT2D eigenvalue weighted by Gasteiger charge is -2.40. The topological polar surface area (TPSA) is 34.2 Å². The quantitative estimate of drug-likeness (QED) is 0.770. The van der Waals surface area contributed by atoms with Gasteiger partial charge in [-0.3, -0.25) is 0 Å². The molecular weight excluding hydrogens is 280 g/mol. The van der Waals surface area contributed by atoms with E-state index in [1.165, 1.54) is 43.5 Å². The van der Waals surface area contributed by atoms with Crippen LogP contribution in [0.15, 0.2) is 5.38 Å². The number of nitrogens with zero attached hydrogens (tertiary/aromatic N) is 1. The van der Waals surface area contributed by atoms with E-state index in [2.05, 4.69) is 36.5 Å². The van der Waals surface area contributed by atoms with Crippen LogP contribution in [0.2, 0.25) is 0 Å². The fourth-order valence-corrected chi connectivity index (χ4v) is 4.39. The van der Waals surface area contributed by atoms with Crippen molar-refractivity contribution in [1.82, 2.24) is 10.3 Å². The van der Waals surface area contributed by atoms with Crippen molar-refractivity contribution < 1.29 is 4.74 Å². The molecule has 1 heterocycles. The Morgan fingerprint density at radius 1 is 1.29 bits per heavy atom. The number of ether oxygens (including phenoxy) is 1. The van der Waals surface area contributed by atoms with Crippen LogP contribution < -0.4 is 5.32 Å². The fraction of sp³-hybridized carbons (Fsp3) is 0.824. The average Bonchev–Trinajstić information content (AvgIpc) is 2.73. The van der Waals surface area contributed by atoms with Crippen molar-refractivity contribution in [3.63, 3.8) is 0 Å². The molecule has 0 saturated heterocycles. The summed E-state index contributed by atoms with van der Waals surface area (Å²) in [6, 6.07) is 0.381. The number of aromatic nitrogens is 1. The Kier molecular flexibility index (Phi) is 6.65. The van der Waals surface area contributed by atoms with Crippen molar-refractivity contribution in [2.75, 3.05) is 13.2 Å². The first-order valence-electron chi connectivity index (χ1n) is 8.48. The summed E-state index contributed by atoms with van der Waals surface area (Å²) in [4.78, 5) is 4.67. The van der Waals surface area contributed by atoms with Crippen molar-refractivity contribution in [2.24, 2.45) is 0 Å². The first kappa shape index (κ1) is 16.9. The van der Waals surface area contributed by atoms with E-state index in [0.29, 0.717) is 6.04 Å². The zero-order valence-corrected chi connectivity index (χ0v) is 14.6. The smallest absolute Gasteiger partial charge is 0.0944 e. The molecule has 1 unspecified atom stereocenters. The maximum atomic E-state index is 6.36. The summed E-state index contributed by atoms with van der Waals surface area (Å²) in [7, 11) is 0. The van der Waals surface area contributed by atoms with Gasteiger partial charge in [0.15, 0.2) is 0 Å². The summed E-state index contributed by atoms with van der Waals surface area (Å²) in [6.45, 7) is 8.19. The number of likely N-dealkylation sites (N-methyl/N-ethyl adjacent to an activating group) is 1. The van der Waals surface area contributed by atoms with Crippen LogP contribution in [0.4, 0.5) is 0 Å². The van der Waals surface area contributed by atoms with E-state index in [9.17, 15) is 0 Å². The second kappa shape index (κ2) is 8.25. The van der Waals surface area contributed by atoms with Crippen LogP contribution >= 0.6 is 11.3 Å².